The molecule has 0 amide bonds. The van der Waals surface area contributed by atoms with Gasteiger partial charge in [0.05, 0.1) is 0 Å². The number of likely N-dealkylation sites (N-methyl/N-ethyl adjacent to an activating group) is 1. The lowest BCUT2D eigenvalue weighted by molar-refractivity contribution is 0.428. The first-order valence-corrected chi connectivity index (χ1v) is 6.27. The number of benzene rings is 1. The van der Waals surface area contributed by atoms with Gasteiger partial charge in [0.1, 0.15) is 5.52 Å². The first-order chi connectivity index (χ1) is 8.46. The molecule has 1 N–H and O–H groups in total. The predicted octanol–water partition coefficient (Wildman–Crippen LogP) is 2.65. The molecule has 0 spiro atoms. The van der Waals surface area contributed by atoms with Gasteiger partial charge in [0.15, 0.2) is 5.58 Å². The Morgan fingerprint density at radius 3 is 2.67 bits per heavy atom. The highest BCUT2D eigenvalue weighted by Gasteiger charge is 2.12. The molecule has 2 rings (SSSR count). The lowest BCUT2D eigenvalue weighted by atomic mass is 10.1. The molecule has 0 fully saturated rings. The van der Waals surface area contributed by atoms with Gasteiger partial charge in [0.2, 0.25) is 0 Å². The molecular weight excluding hydrogens is 226 g/mol. The highest BCUT2D eigenvalue weighted by Crippen LogP contribution is 2.20. The maximum atomic E-state index is 5.70. The van der Waals surface area contributed by atoms with Crippen molar-refractivity contribution in [1.29, 1.82) is 0 Å². The van der Waals surface area contributed by atoms with Crippen molar-refractivity contribution in [2.75, 3.05) is 25.0 Å². The Morgan fingerprint density at radius 1 is 1.28 bits per heavy atom. The van der Waals surface area contributed by atoms with Crippen LogP contribution in [0.25, 0.3) is 11.1 Å². The summed E-state index contributed by atoms with van der Waals surface area (Å²) < 4.78 is 5.70. The zero-order chi connectivity index (χ0) is 13.2. The number of nitrogens with zero attached hydrogens (tertiary/aromatic N) is 2. The Bertz CT molecular complexity index is 480. The van der Waals surface area contributed by atoms with Gasteiger partial charge in [0, 0.05) is 25.7 Å². The van der Waals surface area contributed by atoms with E-state index < -0.39 is 0 Å². The summed E-state index contributed by atoms with van der Waals surface area (Å²) in [5.41, 5.74) is 1.88. The monoisotopic (exact) mass is 247 g/mol. The fourth-order valence-electron chi connectivity index (χ4n) is 1.72. The van der Waals surface area contributed by atoms with Gasteiger partial charge in [-0.1, -0.05) is 12.1 Å². The van der Waals surface area contributed by atoms with Crippen LogP contribution in [-0.4, -0.2) is 30.7 Å². The van der Waals surface area contributed by atoms with E-state index in [9.17, 15) is 0 Å². The van der Waals surface area contributed by atoms with Crippen molar-refractivity contribution in [3.63, 3.8) is 0 Å². The van der Waals surface area contributed by atoms with Crippen LogP contribution < -0.4 is 10.2 Å². The van der Waals surface area contributed by atoms with Crippen LogP contribution in [0.1, 0.15) is 20.8 Å². The molecule has 0 saturated carbocycles. The Hall–Kier alpha value is -1.55. The van der Waals surface area contributed by atoms with Crippen molar-refractivity contribution >= 4 is 17.1 Å². The van der Waals surface area contributed by atoms with Crippen molar-refractivity contribution in [3.05, 3.63) is 24.3 Å². The van der Waals surface area contributed by atoms with Gasteiger partial charge in [-0.05, 0) is 32.9 Å². The van der Waals surface area contributed by atoms with Gasteiger partial charge in [0.25, 0.3) is 6.01 Å². The number of oxazole rings is 1. The quantitative estimate of drug-likeness (QED) is 0.902. The number of fused-ring (bicyclic) bond motifs is 1. The van der Waals surface area contributed by atoms with Gasteiger partial charge in [-0.25, -0.2) is 0 Å². The van der Waals surface area contributed by atoms with Crippen LogP contribution in [0.5, 0.6) is 0 Å². The normalized spacial score (nSPS) is 12.0. The van der Waals surface area contributed by atoms with E-state index in [0.29, 0.717) is 6.01 Å². The van der Waals surface area contributed by atoms with Crippen molar-refractivity contribution in [2.24, 2.45) is 0 Å². The Kier molecular flexibility index (Phi) is 3.57. The van der Waals surface area contributed by atoms with Crippen LogP contribution >= 0.6 is 0 Å². The lowest BCUT2D eigenvalue weighted by Gasteiger charge is -2.22. The zero-order valence-corrected chi connectivity index (χ0v) is 11.5. The minimum absolute atomic E-state index is 0.141. The summed E-state index contributed by atoms with van der Waals surface area (Å²) in [5.74, 6) is 0. The third-order valence-electron chi connectivity index (χ3n) is 2.71. The van der Waals surface area contributed by atoms with E-state index in [4.69, 9.17) is 4.42 Å². The Morgan fingerprint density at radius 2 is 2.00 bits per heavy atom. The van der Waals surface area contributed by atoms with Crippen LogP contribution in [0, 0.1) is 0 Å². The second-order valence-electron chi connectivity index (χ2n) is 5.56. The Labute approximate surface area is 108 Å². The van der Waals surface area contributed by atoms with Gasteiger partial charge in [-0.15, -0.1) is 0 Å². The molecule has 0 bridgehead atoms. The summed E-state index contributed by atoms with van der Waals surface area (Å²) in [6.07, 6.45) is 0. The van der Waals surface area contributed by atoms with Crippen LogP contribution in [0.2, 0.25) is 0 Å². The van der Waals surface area contributed by atoms with Crippen LogP contribution in [0.4, 0.5) is 6.01 Å². The minimum Gasteiger partial charge on any atom is -0.423 e. The molecule has 0 aliphatic heterocycles. The zero-order valence-electron chi connectivity index (χ0n) is 11.5. The predicted molar refractivity (Wildman–Crippen MR) is 75.0 cm³/mol. The highest BCUT2D eigenvalue weighted by atomic mass is 16.4. The van der Waals surface area contributed by atoms with Crippen LogP contribution in [0.3, 0.4) is 0 Å². The molecule has 0 radical (unpaired) electrons. The maximum Gasteiger partial charge on any atom is 0.298 e. The van der Waals surface area contributed by atoms with E-state index in [2.05, 4.69) is 31.1 Å². The number of hydrogen-bond donors (Lipinski definition) is 1. The molecule has 1 aromatic heterocycles. The Balaban J connectivity index is 1.98. The van der Waals surface area contributed by atoms with Crippen molar-refractivity contribution < 1.29 is 4.42 Å². The summed E-state index contributed by atoms with van der Waals surface area (Å²) in [5, 5.41) is 3.45. The van der Waals surface area contributed by atoms with Crippen molar-refractivity contribution in [2.45, 2.75) is 26.3 Å². The molecule has 4 heteroatoms. The molecule has 4 nitrogen and oxygen atoms in total. The molecule has 0 aliphatic carbocycles. The van der Waals surface area contributed by atoms with Crippen LogP contribution in [0.15, 0.2) is 28.7 Å². The van der Waals surface area contributed by atoms with E-state index in [1.165, 1.54) is 0 Å². The topological polar surface area (TPSA) is 41.3 Å². The second kappa shape index (κ2) is 4.98. The second-order valence-corrected chi connectivity index (χ2v) is 5.56. The van der Waals surface area contributed by atoms with E-state index in [-0.39, 0.29) is 5.54 Å². The van der Waals surface area contributed by atoms with E-state index in [1.54, 1.807) is 0 Å². The third-order valence-corrected chi connectivity index (χ3v) is 2.71. The molecule has 2 aromatic rings. The first-order valence-electron chi connectivity index (χ1n) is 6.27. The summed E-state index contributed by atoms with van der Waals surface area (Å²) in [6.45, 7) is 8.24. The van der Waals surface area contributed by atoms with E-state index >= 15 is 0 Å². The average Bonchev–Trinajstić information content (AvgIpc) is 2.70. The van der Waals surface area contributed by atoms with E-state index in [1.807, 2.05) is 36.2 Å². The molecule has 1 aromatic carbocycles. The maximum absolute atomic E-state index is 5.70. The fourth-order valence-corrected chi connectivity index (χ4v) is 1.72. The van der Waals surface area contributed by atoms with Gasteiger partial charge in [-0.3, -0.25) is 0 Å². The SMILES string of the molecule is CN(CCNC(C)(C)C)c1nc2ccccc2o1. The number of hydrogen-bond acceptors (Lipinski definition) is 4. The first kappa shape index (κ1) is 12.9. The average molecular weight is 247 g/mol. The number of aromatic nitrogens is 1. The highest BCUT2D eigenvalue weighted by molar-refractivity contribution is 5.74. The molecular formula is C14H21N3O. The molecule has 98 valence electrons. The third kappa shape index (κ3) is 3.23. The molecule has 0 saturated heterocycles. The standard InChI is InChI=1S/C14H21N3O/c1-14(2,3)15-9-10-17(4)13-16-11-7-5-6-8-12(11)18-13/h5-8,15H,9-10H2,1-4H3. The molecule has 18 heavy (non-hydrogen) atoms. The molecule has 1 heterocycles. The summed E-state index contributed by atoms with van der Waals surface area (Å²) in [6, 6.07) is 8.50. The number of anilines is 1. The van der Waals surface area contributed by atoms with Crippen LogP contribution in [-0.2, 0) is 0 Å². The van der Waals surface area contributed by atoms with Crippen molar-refractivity contribution in [3.8, 4) is 0 Å². The van der Waals surface area contributed by atoms with Gasteiger partial charge in [-0.2, -0.15) is 4.98 Å². The molecule has 0 aliphatic rings. The smallest absolute Gasteiger partial charge is 0.298 e. The number of para-hydroxylation sites is 2. The fraction of sp³-hybridized carbons (Fsp3) is 0.500. The molecule has 0 unspecified atom stereocenters. The van der Waals surface area contributed by atoms with Gasteiger partial charge >= 0.3 is 0 Å². The summed E-state index contributed by atoms with van der Waals surface area (Å²) in [7, 11) is 2.00. The summed E-state index contributed by atoms with van der Waals surface area (Å²) in [4.78, 5) is 6.49. The largest absolute Gasteiger partial charge is 0.423 e. The minimum atomic E-state index is 0.141. The number of rotatable bonds is 4. The van der Waals surface area contributed by atoms with Gasteiger partial charge < -0.3 is 14.6 Å². The number of nitrogens with one attached hydrogen (secondary N) is 1. The lowest BCUT2D eigenvalue weighted by Crippen LogP contribution is -2.40. The van der Waals surface area contributed by atoms with E-state index in [0.717, 1.165) is 24.2 Å². The van der Waals surface area contributed by atoms with Crippen molar-refractivity contribution in [1.82, 2.24) is 10.3 Å². The summed E-state index contributed by atoms with van der Waals surface area (Å²) >= 11 is 0. The molecule has 0 atom stereocenters.